The van der Waals surface area contributed by atoms with E-state index in [0.29, 0.717) is 42.9 Å². The normalized spacial score (nSPS) is 33.3. The van der Waals surface area contributed by atoms with Crippen molar-refractivity contribution in [1.29, 1.82) is 0 Å². The lowest BCUT2D eigenvalue weighted by Crippen LogP contribution is -2.40. The van der Waals surface area contributed by atoms with Crippen LogP contribution in [0.15, 0.2) is 24.3 Å². The van der Waals surface area contributed by atoms with E-state index in [2.05, 4.69) is 19.0 Å². The summed E-state index contributed by atoms with van der Waals surface area (Å²) in [7, 11) is 4.20. The average molecular weight is 346 g/mol. The molecule has 0 aliphatic carbocycles. The van der Waals surface area contributed by atoms with Crippen LogP contribution in [0.3, 0.4) is 0 Å². The zero-order chi connectivity index (χ0) is 17.6. The smallest absolute Gasteiger partial charge is 0.223 e. The Bertz CT molecular complexity index is 665. The number of benzene rings is 1. The van der Waals surface area contributed by atoms with Gasteiger partial charge in [0.1, 0.15) is 5.82 Å². The van der Waals surface area contributed by atoms with Crippen molar-refractivity contribution >= 4 is 5.91 Å². The van der Waals surface area contributed by atoms with Gasteiger partial charge in [-0.25, -0.2) is 4.39 Å². The molecule has 4 atom stereocenters. The van der Waals surface area contributed by atoms with Gasteiger partial charge in [-0.3, -0.25) is 4.79 Å². The molecule has 4 rings (SSSR count). The van der Waals surface area contributed by atoms with Gasteiger partial charge in [0.25, 0.3) is 0 Å². The Morgan fingerprint density at radius 2 is 2.20 bits per heavy atom. The molecule has 25 heavy (non-hydrogen) atoms. The van der Waals surface area contributed by atoms with Gasteiger partial charge < -0.3 is 14.5 Å². The number of carbonyl (C=O) groups is 1. The van der Waals surface area contributed by atoms with Crippen LogP contribution < -0.4 is 0 Å². The number of nitrogens with zero attached hydrogens (tertiary/aromatic N) is 2. The van der Waals surface area contributed by atoms with E-state index in [1.165, 1.54) is 6.07 Å². The molecule has 3 fully saturated rings. The fourth-order valence-corrected chi connectivity index (χ4v) is 5.15. The number of hydrogen-bond donors (Lipinski definition) is 0. The molecule has 1 amide bonds. The van der Waals surface area contributed by atoms with Crippen LogP contribution in [0.5, 0.6) is 0 Å². The zero-order valence-electron chi connectivity index (χ0n) is 15.1. The van der Waals surface area contributed by atoms with Crippen LogP contribution in [0.1, 0.15) is 24.8 Å². The quantitative estimate of drug-likeness (QED) is 0.820. The molecular weight excluding hydrogens is 319 g/mol. The Morgan fingerprint density at radius 1 is 1.40 bits per heavy atom. The van der Waals surface area contributed by atoms with E-state index < -0.39 is 0 Å². The topological polar surface area (TPSA) is 32.8 Å². The number of aryl methyl sites for hydroxylation is 1. The predicted molar refractivity (Wildman–Crippen MR) is 93.7 cm³/mol. The predicted octanol–water partition coefficient (Wildman–Crippen LogP) is 2.33. The maximum Gasteiger partial charge on any atom is 0.223 e. The largest absolute Gasteiger partial charge is 0.369 e. The van der Waals surface area contributed by atoms with Crippen LogP contribution in [0.2, 0.25) is 0 Å². The molecule has 0 aromatic heterocycles. The molecule has 3 aliphatic rings. The van der Waals surface area contributed by atoms with Gasteiger partial charge in [-0.05, 0) is 45.0 Å². The third kappa shape index (κ3) is 2.97. The third-order valence-corrected chi connectivity index (χ3v) is 6.28. The van der Waals surface area contributed by atoms with E-state index in [4.69, 9.17) is 4.74 Å². The maximum atomic E-state index is 13.7. The lowest BCUT2D eigenvalue weighted by molar-refractivity contribution is -0.131. The van der Waals surface area contributed by atoms with Gasteiger partial charge in [0.05, 0.1) is 18.2 Å². The fourth-order valence-electron chi connectivity index (χ4n) is 5.15. The van der Waals surface area contributed by atoms with Crippen molar-refractivity contribution in [2.75, 3.05) is 33.7 Å². The molecule has 3 aliphatic heterocycles. The molecular formula is C20H27FN2O2. The number of likely N-dealkylation sites (tertiary alicyclic amines) is 1. The van der Waals surface area contributed by atoms with Gasteiger partial charge in [-0.1, -0.05) is 18.2 Å². The molecule has 3 saturated heterocycles. The molecule has 136 valence electrons. The highest BCUT2D eigenvalue weighted by Gasteiger charge is 2.63. The van der Waals surface area contributed by atoms with Gasteiger partial charge in [-0.15, -0.1) is 0 Å². The Balaban J connectivity index is 1.40. The Hall–Kier alpha value is -1.46. The van der Waals surface area contributed by atoms with Crippen LogP contribution in [0.25, 0.3) is 0 Å². The Labute approximate surface area is 148 Å². The molecule has 1 spiro atoms. The van der Waals surface area contributed by atoms with Crippen LogP contribution in [0.4, 0.5) is 4.39 Å². The van der Waals surface area contributed by atoms with Crippen molar-refractivity contribution in [2.24, 2.45) is 11.8 Å². The molecule has 2 bridgehead atoms. The van der Waals surface area contributed by atoms with E-state index in [1.807, 2.05) is 11.0 Å². The molecule has 1 aromatic carbocycles. The summed E-state index contributed by atoms with van der Waals surface area (Å²) in [5.74, 6) is 0.877. The van der Waals surface area contributed by atoms with Gasteiger partial charge in [0.2, 0.25) is 5.91 Å². The lowest BCUT2D eigenvalue weighted by Gasteiger charge is -2.30. The highest BCUT2D eigenvalue weighted by Crippen LogP contribution is 2.54. The first-order valence-electron chi connectivity index (χ1n) is 9.32. The highest BCUT2D eigenvalue weighted by atomic mass is 19.1. The third-order valence-electron chi connectivity index (χ3n) is 6.28. The zero-order valence-corrected chi connectivity index (χ0v) is 15.1. The van der Waals surface area contributed by atoms with Crippen LogP contribution in [0, 0.1) is 17.7 Å². The van der Waals surface area contributed by atoms with Crippen molar-refractivity contribution in [3.63, 3.8) is 0 Å². The van der Waals surface area contributed by atoms with Gasteiger partial charge in [0, 0.05) is 31.3 Å². The second kappa shape index (κ2) is 6.36. The number of rotatable bonds is 5. The summed E-state index contributed by atoms with van der Waals surface area (Å²) >= 11 is 0. The van der Waals surface area contributed by atoms with Gasteiger partial charge in [-0.2, -0.15) is 0 Å². The van der Waals surface area contributed by atoms with Gasteiger partial charge >= 0.3 is 0 Å². The standard InChI is InChI=1S/C20H27FN2O2/c1-22(2)11-15-16-12-23(13-20(16)10-9-18(15)25-20)19(24)8-7-14-5-3-4-6-17(14)21/h3-6,15-16,18H,7-13H2,1-2H3/t15-,16+,18+,20+/m0/s1. The lowest BCUT2D eigenvalue weighted by atomic mass is 9.73. The number of carbonyl (C=O) groups excluding carboxylic acids is 1. The van der Waals surface area contributed by atoms with Crippen LogP contribution in [-0.2, 0) is 16.0 Å². The average Bonchev–Trinajstić information content (AvgIpc) is 3.23. The maximum absolute atomic E-state index is 13.7. The van der Waals surface area contributed by atoms with Gasteiger partial charge in [0.15, 0.2) is 0 Å². The van der Waals surface area contributed by atoms with Crippen molar-refractivity contribution in [1.82, 2.24) is 9.80 Å². The molecule has 0 saturated carbocycles. The number of ether oxygens (including phenoxy) is 1. The number of amides is 1. The summed E-state index contributed by atoms with van der Waals surface area (Å²) in [5, 5.41) is 0. The van der Waals surface area contributed by atoms with E-state index in [-0.39, 0.29) is 17.3 Å². The van der Waals surface area contributed by atoms with Crippen molar-refractivity contribution in [3.8, 4) is 0 Å². The van der Waals surface area contributed by atoms with Crippen molar-refractivity contribution < 1.29 is 13.9 Å². The fraction of sp³-hybridized carbons (Fsp3) is 0.650. The number of fused-ring (bicyclic) bond motifs is 1. The summed E-state index contributed by atoms with van der Waals surface area (Å²) in [4.78, 5) is 16.9. The summed E-state index contributed by atoms with van der Waals surface area (Å²) < 4.78 is 20.1. The molecule has 3 heterocycles. The minimum atomic E-state index is -0.222. The van der Waals surface area contributed by atoms with Crippen LogP contribution >= 0.6 is 0 Å². The van der Waals surface area contributed by atoms with E-state index >= 15 is 0 Å². The first kappa shape index (κ1) is 17.0. The Kier molecular flexibility index (Phi) is 4.32. The van der Waals surface area contributed by atoms with Crippen molar-refractivity contribution in [2.45, 2.75) is 37.4 Å². The minimum absolute atomic E-state index is 0.112. The second-order valence-electron chi connectivity index (χ2n) is 8.16. The summed E-state index contributed by atoms with van der Waals surface area (Å²) in [6.45, 7) is 2.54. The molecule has 1 aromatic rings. The molecule has 0 unspecified atom stereocenters. The minimum Gasteiger partial charge on any atom is -0.369 e. The molecule has 0 N–H and O–H groups in total. The summed E-state index contributed by atoms with van der Waals surface area (Å²) in [6, 6.07) is 6.72. The summed E-state index contributed by atoms with van der Waals surface area (Å²) in [6.07, 6.45) is 3.38. The SMILES string of the molecule is CN(C)C[C@H]1[C@H]2CN(C(=O)CCc3ccccc3F)C[C@]23CC[C@H]1O3. The molecule has 0 radical (unpaired) electrons. The van der Waals surface area contributed by atoms with Crippen LogP contribution in [-0.4, -0.2) is 61.1 Å². The number of halogens is 1. The molecule has 4 nitrogen and oxygen atoms in total. The van der Waals surface area contributed by atoms with E-state index in [0.717, 1.165) is 25.9 Å². The first-order chi connectivity index (χ1) is 12.0. The highest BCUT2D eigenvalue weighted by molar-refractivity contribution is 5.77. The van der Waals surface area contributed by atoms with E-state index in [1.54, 1.807) is 12.1 Å². The summed E-state index contributed by atoms with van der Waals surface area (Å²) in [5.41, 5.74) is 0.509. The van der Waals surface area contributed by atoms with E-state index in [9.17, 15) is 9.18 Å². The first-order valence-corrected chi connectivity index (χ1v) is 9.32. The second-order valence-corrected chi connectivity index (χ2v) is 8.16. The van der Waals surface area contributed by atoms with Crippen molar-refractivity contribution in [3.05, 3.63) is 35.6 Å². The molecule has 5 heteroatoms. The Morgan fingerprint density at radius 3 is 2.96 bits per heavy atom. The monoisotopic (exact) mass is 346 g/mol. The number of hydrogen-bond acceptors (Lipinski definition) is 3.